The molecule has 1 saturated heterocycles. The van der Waals surface area contributed by atoms with Gasteiger partial charge in [-0.3, -0.25) is 9.59 Å². The Morgan fingerprint density at radius 2 is 1.86 bits per heavy atom. The lowest BCUT2D eigenvalue weighted by Crippen LogP contribution is -2.56. The van der Waals surface area contributed by atoms with Crippen LogP contribution in [0.25, 0.3) is 0 Å². The lowest BCUT2D eigenvalue weighted by atomic mass is 9.87. The fourth-order valence-electron chi connectivity index (χ4n) is 4.19. The van der Waals surface area contributed by atoms with E-state index in [1.165, 1.54) is 6.92 Å². The Balaban J connectivity index is 1.94. The summed E-state index contributed by atoms with van der Waals surface area (Å²) in [5.74, 6) is -4.30. The molecule has 2 amide bonds. The standard InChI is InChI=1S/C24H31F5N4O3/c1-6-13(2)20(31-15(4)34)22(5,16-7-8-16)32-21(35)17-9-19(36-14(3)24(27,28)29)18(10-30-17)33-11-23(25,26)12-33/h9-10,14,16H,6-8,11-12H2,1-5H3,(H,31,34)(H,32,35)/b20-13+/t14-,22?/m0/s1. The van der Waals surface area contributed by atoms with Crippen LogP contribution in [0.15, 0.2) is 23.5 Å². The van der Waals surface area contributed by atoms with Crippen LogP contribution in [-0.4, -0.2) is 53.6 Å². The molecular formula is C24H31F5N4O3. The lowest BCUT2D eigenvalue weighted by molar-refractivity contribution is -0.189. The van der Waals surface area contributed by atoms with Crippen molar-refractivity contribution in [1.29, 1.82) is 0 Å². The molecule has 0 radical (unpaired) electrons. The van der Waals surface area contributed by atoms with Crippen LogP contribution >= 0.6 is 0 Å². The van der Waals surface area contributed by atoms with E-state index in [4.69, 9.17) is 4.74 Å². The van der Waals surface area contributed by atoms with Gasteiger partial charge in [-0.15, -0.1) is 0 Å². The number of nitrogens with zero attached hydrogens (tertiary/aromatic N) is 2. The Morgan fingerprint density at radius 3 is 2.33 bits per heavy atom. The zero-order chi connectivity index (χ0) is 27.1. The molecule has 0 aromatic carbocycles. The quantitative estimate of drug-likeness (QED) is 0.468. The van der Waals surface area contributed by atoms with Crippen molar-refractivity contribution in [2.45, 2.75) is 77.6 Å². The van der Waals surface area contributed by atoms with Crippen LogP contribution in [0.2, 0.25) is 0 Å². The predicted molar refractivity (Wildman–Crippen MR) is 123 cm³/mol. The average Bonchev–Trinajstić information content (AvgIpc) is 3.60. The molecule has 0 spiro atoms. The molecule has 12 heteroatoms. The van der Waals surface area contributed by atoms with Crippen molar-refractivity contribution in [2.24, 2.45) is 5.92 Å². The van der Waals surface area contributed by atoms with Crippen LogP contribution in [0, 0.1) is 5.92 Å². The van der Waals surface area contributed by atoms with Gasteiger partial charge in [0.1, 0.15) is 11.4 Å². The number of pyridine rings is 1. The first kappa shape index (κ1) is 27.7. The Kier molecular flexibility index (Phi) is 7.57. The Morgan fingerprint density at radius 1 is 1.25 bits per heavy atom. The molecular weight excluding hydrogens is 487 g/mol. The molecule has 7 nitrogen and oxygen atoms in total. The van der Waals surface area contributed by atoms with E-state index in [0.717, 1.165) is 42.5 Å². The number of hydrogen-bond acceptors (Lipinski definition) is 5. The fourth-order valence-corrected chi connectivity index (χ4v) is 4.19. The number of anilines is 1. The van der Waals surface area contributed by atoms with E-state index in [0.29, 0.717) is 12.1 Å². The summed E-state index contributed by atoms with van der Waals surface area (Å²) in [5, 5.41) is 5.74. The number of carbonyl (C=O) groups excluding carboxylic acids is 2. The van der Waals surface area contributed by atoms with Gasteiger partial charge in [-0.05, 0) is 46.0 Å². The Hall–Kier alpha value is -2.92. The zero-order valence-corrected chi connectivity index (χ0v) is 20.9. The second-order valence-corrected chi connectivity index (χ2v) is 9.67. The maximum atomic E-state index is 13.4. The van der Waals surface area contributed by atoms with Crippen molar-refractivity contribution in [3.63, 3.8) is 0 Å². The molecule has 1 aliphatic carbocycles. The predicted octanol–water partition coefficient (Wildman–Crippen LogP) is 4.59. The highest BCUT2D eigenvalue weighted by molar-refractivity contribution is 5.94. The van der Waals surface area contributed by atoms with Gasteiger partial charge in [0, 0.05) is 18.7 Å². The third kappa shape index (κ3) is 6.07. The number of alkyl halides is 5. The summed E-state index contributed by atoms with van der Waals surface area (Å²) in [6.07, 6.45) is -3.64. The summed E-state index contributed by atoms with van der Waals surface area (Å²) in [7, 11) is 0. The number of carbonyl (C=O) groups is 2. The Labute approximate surface area is 206 Å². The highest BCUT2D eigenvalue weighted by Gasteiger charge is 2.48. The lowest BCUT2D eigenvalue weighted by Gasteiger charge is -2.41. The van der Waals surface area contributed by atoms with Crippen LogP contribution in [0.3, 0.4) is 0 Å². The van der Waals surface area contributed by atoms with Crippen LogP contribution in [-0.2, 0) is 4.79 Å². The van der Waals surface area contributed by atoms with Crippen molar-refractivity contribution in [3.05, 3.63) is 29.2 Å². The number of ether oxygens (including phenoxy) is 1. The van der Waals surface area contributed by atoms with E-state index in [-0.39, 0.29) is 29.0 Å². The summed E-state index contributed by atoms with van der Waals surface area (Å²) < 4.78 is 71.4. The molecule has 0 bridgehead atoms. The number of aromatic nitrogens is 1. The van der Waals surface area contributed by atoms with Gasteiger partial charge >= 0.3 is 6.18 Å². The molecule has 2 atom stereocenters. The van der Waals surface area contributed by atoms with Crippen molar-refractivity contribution in [2.75, 3.05) is 18.0 Å². The summed E-state index contributed by atoms with van der Waals surface area (Å²) in [6, 6.07) is 1.03. The van der Waals surface area contributed by atoms with Crippen LogP contribution < -0.4 is 20.3 Å². The first-order chi connectivity index (χ1) is 16.6. The largest absolute Gasteiger partial charge is 0.479 e. The highest BCUT2D eigenvalue weighted by atomic mass is 19.4. The fraction of sp³-hybridized carbons (Fsp3) is 0.625. The second-order valence-electron chi connectivity index (χ2n) is 9.67. The van der Waals surface area contributed by atoms with Crippen molar-refractivity contribution in [3.8, 4) is 5.75 Å². The van der Waals surface area contributed by atoms with E-state index in [1.807, 2.05) is 13.8 Å². The molecule has 2 aliphatic rings. The van der Waals surface area contributed by atoms with Gasteiger partial charge in [0.15, 0.2) is 6.10 Å². The average molecular weight is 519 g/mol. The molecule has 2 heterocycles. The summed E-state index contributed by atoms with van der Waals surface area (Å²) >= 11 is 0. The van der Waals surface area contributed by atoms with Crippen molar-refractivity contribution < 1.29 is 36.3 Å². The van der Waals surface area contributed by atoms with Gasteiger partial charge in [0.05, 0.1) is 30.5 Å². The number of nitrogens with one attached hydrogen (secondary N) is 2. The summed E-state index contributed by atoms with van der Waals surface area (Å²) in [6.45, 7) is 6.30. The molecule has 36 heavy (non-hydrogen) atoms. The first-order valence-electron chi connectivity index (χ1n) is 11.7. The van der Waals surface area contributed by atoms with E-state index >= 15 is 0 Å². The maximum absolute atomic E-state index is 13.4. The third-order valence-corrected chi connectivity index (χ3v) is 6.57. The minimum absolute atomic E-state index is 0.0355. The van der Waals surface area contributed by atoms with E-state index < -0.39 is 42.7 Å². The first-order valence-corrected chi connectivity index (χ1v) is 11.7. The Bertz CT molecular complexity index is 1050. The monoisotopic (exact) mass is 518 g/mol. The normalized spacial score (nSPS) is 20.4. The van der Waals surface area contributed by atoms with Crippen molar-refractivity contribution in [1.82, 2.24) is 15.6 Å². The van der Waals surface area contributed by atoms with Gasteiger partial charge in [-0.2, -0.15) is 13.2 Å². The van der Waals surface area contributed by atoms with Gasteiger partial charge < -0.3 is 20.3 Å². The van der Waals surface area contributed by atoms with Gasteiger partial charge in [-0.25, -0.2) is 13.8 Å². The minimum atomic E-state index is -4.71. The molecule has 1 saturated carbocycles. The van der Waals surface area contributed by atoms with Crippen LogP contribution in [0.1, 0.15) is 64.4 Å². The second kappa shape index (κ2) is 9.85. The summed E-state index contributed by atoms with van der Waals surface area (Å²) in [5.41, 5.74) is 0.181. The highest BCUT2D eigenvalue weighted by Crippen LogP contribution is 2.44. The number of halogens is 5. The molecule has 1 aliphatic heterocycles. The smallest absolute Gasteiger partial charge is 0.425 e. The molecule has 1 aromatic heterocycles. The van der Waals surface area contributed by atoms with E-state index in [1.54, 1.807) is 6.92 Å². The molecule has 1 aromatic rings. The molecule has 200 valence electrons. The molecule has 3 rings (SSSR count). The van der Waals surface area contributed by atoms with Crippen molar-refractivity contribution >= 4 is 17.5 Å². The molecule has 2 fully saturated rings. The summed E-state index contributed by atoms with van der Waals surface area (Å²) in [4.78, 5) is 30.4. The minimum Gasteiger partial charge on any atom is -0.479 e. The molecule has 2 N–H and O–H groups in total. The SMILES string of the molecule is CC/C(C)=C(/NC(C)=O)C(C)(NC(=O)c1cc(O[C@@H](C)C(F)(F)F)c(N2CC(F)(F)C2)cn1)C1CC1. The number of hydrogen-bond donors (Lipinski definition) is 2. The van der Waals surface area contributed by atoms with Crippen LogP contribution in [0.4, 0.5) is 27.6 Å². The number of rotatable bonds is 9. The number of allylic oxidation sites excluding steroid dienone is 1. The topological polar surface area (TPSA) is 83.6 Å². The van der Waals surface area contributed by atoms with E-state index in [9.17, 15) is 31.5 Å². The number of amides is 2. The van der Waals surface area contributed by atoms with Gasteiger partial charge in [0.25, 0.3) is 11.8 Å². The maximum Gasteiger partial charge on any atom is 0.425 e. The van der Waals surface area contributed by atoms with Gasteiger partial charge in [-0.1, -0.05) is 12.5 Å². The molecule has 1 unspecified atom stereocenters. The van der Waals surface area contributed by atoms with Gasteiger partial charge in [0.2, 0.25) is 5.91 Å². The van der Waals surface area contributed by atoms with Crippen LogP contribution in [0.5, 0.6) is 5.75 Å². The zero-order valence-electron chi connectivity index (χ0n) is 20.9. The van der Waals surface area contributed by atoms with E-state index in [2.05, 4.69) is 15.6 Å². The third-order valence-electron chi connectivity index (χ3n) is 6.57.